The van der Waals surface area contributed by atoms with Crippen LogP contribution in [0.5, 0.6) is 0 Å². The van der Waals surface area contributed by atoms with Crippen molar-refractivity contribution in [3.63, 3.8) is 0 Å². The molecule has 0 radical (unpaired) electrons. The molecule has 5 rings (SSSR count). The normalized spacial score (nSPS) is 19.2. The fourth-order valence-electron chi connectivity index (χ4n) is 8.19. The van der Waals surface area contributed by atoms with E-state index in [0.29, 0.717) is 36.1 Å². The molecule has 2 aliphatic heterocycles. The second-order valence-corrected chi connectivity index (χ2v) is 15.8. The molecule has 0 spiro atoms. The first kappa shape index (κ1) is 47.7. The van der Waals surface area contributed by atoms with Crippen molar-refractivity contribution in [1.82, 2.24) is 30.1 Å². The molecule has 2 aromatic heterocycles. The van der Waals surface area contributed by atoms with E-state index in [2.05, 4.69) is 32.1 Å². The summed E-state index contributed by atoms with van der Waals surface area (Å²) >= 11 is 0. The minimum Gasteiger partial charge on any atom is -0.394 e. The summed E-state index contributed by atoms with van der Waals surface area (Å²) in [4.78, 5) is 44.5. The number of fused-ring (bicyclic) bond motifs is 2. The summed E-state index contributed by atoms with van der Waals surface area (Å²) in [6, 6.07) is 6.87. The summed E-state index contributed by atoms with van der Waals surface area (Å²) in [7, 11) is 0. The molecule has 338 valence electrons. The van der Waals surface area contributed by atoms with Gasteiger partial charge < -0.3 is 76.9 Å². The van der Waals surface area contributed by atoms with E-state index in [9.17, 15) is 60.7 Å². The molecule has 20 heteroatoms. The number of H-pyrrole nitrogens is 1. The summed E-state index contributed by atoms with van der Waals surface area (Å²) in [5.41, 5.74) is 11.6. The van der Waals surface area contributed by atoms with Crippen LogP contribution in [-0.4, -0.2) is 195 Å². The predicted octanol–water partition coefficient (Wildman–Crippen LogP) is -2.42. The maximum atomic E-state index is 14.1. The Hall–Kier alpha value is -4.32. The molecule has 0 saturated carbocycles. The van der Waals surface area contributed by atoms with Crippen LogP contribution >= 0.6 is 0 Å². The number of anilines is 2. The van der Waals surface area contributed by atoms with Gasteiger partial charge in [-0.2, -0.15) is 0 Å². The van der Waals surface area contributed by atoms with E-state index in [4.69, 9.17) is 5.73 Å². The molecule has 14 N–H and O–H groups in total. The van der Waals surface area contributed by atoms with Gasteiger partial charge in [-0.05, 0) is 68.4 Å². The fourth-order valence-corrected chi connectivity index (χ4v) is 8.19. The third kappa shape index (κ3) is 11.2. The number of allylic oxidation sites excluding steroid dienone is 1. The van der Waals surface area contributed by atoms with E-state index >= 15 is 0 Å². The highest BCUT2D eigenvalue weighted by Gasteiger charge is 2.38. The van der Waals surface area contributed by atoms with Gasteiger partial charge in [-0.3, -0.25) is 14.5 Å². The third-order valence-electron chi connectivity index (χ3n) is 11.7. The Balaban J connectivity index is 1.31. The number of nitrogens with one attached hydrogen (secondary N) is 2. The van der Waals surface area contributed by atoms with Crippen LogP contribution in [0.3, 0.4) is 0 Å². The number of carbonyl (C=O) groups excluding carboxylic acids is 2. The lowest BCUT2D eigenvalue weighted by molar-refractivity contribution is -0.134. The lowest BCUT2D eigenvalue weighted by Gasteiger charge is -2.41. The highest BCUT2D eigenvalue weighted by atomic mass is 16.4. The smallest absolute Gasteiger partial charge is 0.274 e. The molecule has 2 amide bonds. The van der Waals surface area contributed by atoms with E-state index in [0.717, 1.165) is 42.6 Å². The molecule has 61 heavy (non-hydrogen) atoms. The SMILES string of the molecule is CCCC1=C(CNC(=O)c2nc3cc[nH]c3nc2N)N(CC)c2cc(C(=O)N3CCC(N(C[C@H](O)[C@@H](O)[C@H](O)[C@H](O)CO)C[C@H](O)[C@@H](O)[C@H](O)[C@H](O)CO)CC3)ccc2CC1. The highest BCUT2D eigenvalue weighted by Crippen LogP contribution is 2.35. The third-order valence-corrected chi connectivity index (χ3v) is 11.7. The standard InChI is InChI=1S/C41H62N8O12/c1-3-5-22-6-7-23-8-9-24(16-27(23)49(4-2)28(22)17-44-40(60)33-38(42)46-39-26(45-33)10-13-43-39)41(61)47-14-11-25(12-15-47)48(18-29(52)34(56)36(58)31(54)20-50)19-30(53)35(57)37(59)32(55)21-51/h8-10,13,16,25,29-32,34-37,50-59H,3-7,11-12,14-15,17-21H2,1-2H3,(H,44,60)(H3,42,43,46)/t29-,30-,31+,32+,34+,35+,36+,37+/m0/s1. The van der Waals surface area contributed by atoms with Crippen molar-refractivity contribution < 1.29 is 60.7 Å². The van der Waals surface area contributed by atoms with Crippen molar-refractivity contribution >= 4 is 34.5 Å². The molecule has 8 atom stereocenters. The van der Waals surface area contributed by atoms with Crippen LogP contribution in [0.1, 0.15) is 72.4 Å². The number of hydrogen-bond acceptors (Lipinski definition) is 17. The number of nitrogen functional groups attached to an aromatic ring is 1. The quantitative estimate of drug-likeness (QED) is 0.0562. The Kier molecular flexibility index (Phi) is 16.9. The molecule has 3 aromatic rings. The number of nitrogens with zero attached hydrogens (tertiary/aromatic N) is 5. The molecular weight excluding hydrogens is 796 g/mol. The number of nitrogens with two attached hydrogens (primary N) is 1. The van der Waals surface area contributed by atoms with E-state index < -0.39 is 87.1 Å². The van der Waals surface area contributed by atoms with Crippen molar-refractivity contribution in [3.05, 3.63) is 58.6 Å². The second kappa shape index (κ2) is 21.7. The number of aromatic amines is 1. The van der Waals surface area contributed by atoms with Crippen molar-refractivity contribution in [2.75, 3.05) is 63.1 Å². The minimum atomic E-state index is -1.91. The molecule has 0 bridgehead atoms. The van der Waals surface area contributed by atoms with Crippen molar-refractivity contribution in [3.8, 4) is 0 Å². The number of aryl methyl sites for hydroxylation is 1. The average Bonchev–Trinajstić information content (AvgIpc) is 3.67. The number of likely N-dealkylation sites (tertiary alicyclic amines) is 1. The topological polar surface area (TPSA) is 326 Å². The molecule has 1 saturated heterocycles. The number of aliphatic hydroxyl groups excluding tert-OH is 10. The van der Waals surface area contributed by atoms with Crippen LogP contribution in [0.15, 0.2) is 41.7 Å². The van der Waals surface area contributed by atoms with Gasteiger partial charge in [-0.25, -0.2) is 9.97 Å². The number of rotatable bonds is 20. The maximum Gasteiger partial charge on any atom is 0.274 e. The summed E-state index contributed by atoms with van der Waals surface area (Å²) in [5.74, 6) is -0.690. The number of piperidine rings is 1. The Morgan fingerprint density at radius 2 is 1.48 bits per heavy atom. The van der Waals surface area contributed by atoms with E-state index in [1.165, 1.54) is 10.5 Å². The molecule has 1 aromatic carbocycles. The number of likely N-dealkylation sites (N-methyl/N-ethyl adjacent to an activating group) is 1. The minimum absolute atomic E-state index is 0.00563. The van der Waals surface area contributed by atoms with Gasteiger partial charge in [0.05, 0.1) is 32.0 Å². The first-order valence-electron chi connectivity index (χ1n) is 20.8. The molecule has 0 aliphatic carbocycles. The van der Waals surface area contributed by atoms with Crippen LogP contribution in [0.4, 0.5) is 11.5 Å². The molecule has 0 unspecified atom stereocenters. The molecule has 1 fully saturated rings. The van der Waals surface area contributed by atoms with Crippen molar-refractivity contribution in [1.29, 1.82) is 0 Å². The predicted molar refractivity (Wildman–Crippen MR) is 223 cm³/mol. The Morgan fingerprint density at radius 3 is 2.05 bits per heavy atom. The van der Waals surface area contributed by atoms with Gasteiger partial charge in [0.25, 0.3) is 11.8 Å². The average molecular weight is 859 g/mol. The van der Waals surface area contributed by atoms with Gasteiger partial charge in [-0.15, -0.1) is 0 Å². The van der Waals surface area contributed by atoms with Crippen LogP contribution in [-0.2, 0) is 6.42 Å². The van der Waals surface area contributed by atoms with Crippen LogP contribution in [0.25, 0.3) is 11.2 Å². The number of hydrogen-bond donors (Lipinski definition) is 13. The monoisotopic (exact) mass is 858 g/mol. The molecule has 20 nitrogen and oxygen atoms in total. The Labute approximate surface area is 353 Å². The number of aromatic nitrogens is 3. The maximum absolute atomic E-state index is 14.1. The van der Waals surface area contributed by atoms with Gasteiger partial charge in [-0.1, -0.05) is 19.4 Å². The number of benzene rings is 1. The summed E-state index contributed by atoms with van der Waals surface area (Å²) in [6.45, 7) is 2.76. The zero-order valence-electron chi connectivity index (χ0n) is 34.6. The van der Waals surface area contributed by atoms with Gasteiger partial charge in [0.15, 0.2) is 17.2 Å². The largest absolute Gasteiger partial charge is 0.394 e. The molecule has 4 heterocycles. The van der Waals surface area contributed by atoms with Crippen LogP contribution in [0.2, 0.25) is 0 Å². The van der Waals surface area contributed by atoms with Gasteiger partial charge in [0.2, 0.25) is 0 Å². The zero-order chi connectivity index (χ0) is 44.5. The number of amides is 2. The lowest BCUT2D eigenvalue weighted by Crippen LogP contribution is -2.56. The van der Waals surface area contributed by atoms with E-state index in [1.807, 2.05) is 19.1 Å². The molecule has 2 aliphatic rings. The second-order valence-electron chi connectivity index (χ2n) is 15.8. The summed E-state index contributed by atoms with van der Waals surface area (Å²) in [5, 5.41) is 104. The Morgan fingerprint density at radius 1 is 0.869 bits per heavy atom. The van der Waals surface area contributed by atoms with Gasteiger partial charge >= 0.3 is 0 Å². The zero-order valence-corrected chi connectivity index (χ0v) is 34.6. The van der Waals surface area contributed by atoms with E-state index in [-0.39, 0.29) is 37.1 Å². The summed E-state index contributed by atoms with van der Waals surface area (Å²) < 4.78 is 0. The summed E-state index contributed by atoms with van der Waals surface area (Å²) in [6.07, 6.45) is -9.08. The molecular formula is C41H62N8O12. The lowest BCUT2D eigenvalue weighted by atomic mass is 9.96. The highest BCUT2D eigenvalue weighted by molar-refractivity contribution is 5.98. The van der Waals surface area contributed by atoms with Gasteiger partial charge in [0, 0.05) is 61.9 Å². The number of aliphatic hydroxyl groups is 10. The fraction of sp³-hybridized carbons (Fsp3) is 0.610. The van der Waals surface area contributed by atoms with Crippen molar-refractivity contribution in [2.24, 2.45) is 0 Å². The van der Waals surface area contributed by atoms with Gasteiger partial charge in [0.1, 0.15) is 42.1 Å². The first-order valence-corrected chi connectivity index (χ1v) is 20.8. The van der Waals surface area contributed by atoms with E-state index in [1.54, 1.807) is 23.2 Å². The first-order chi connectivity index (χ1) is 29.1. The van der Waals surface area contributed by atoms with Crippen LogP contribution in [0, 0.1) is 0 Å². The Bertz CT molecular complexity index is 1930. The van der Waals surface area contributed by atoms with Crippen molar-refractivity contribution in [2.45, 2.75) is 107 Å². The number of carbonyl (C=O) groups is 2. The van der Waals surface area contributed by atoms with Crippen LogP contribution < -0.4 is 16.0 Å².